The number of aromatic nitrogens is 3. The van der Waals surface area contributed by atoms with Crippen LogP contribution in [0.3, 0.4) is 0 Å². The molecule has 0 radical (unpaired) electrons. The first-order valence-corrected chi connectivity index (χ1v) is 6.45. The Morgan fingerprint density at radius 1 is 1.50 bits per heavy atom. The molecule has 1 aliphatic heterocycles. The summed E-state index contributed by atoms with van der Waals surface area (Å²) >= 11 is 5.33. The molecule has 0 bridgehead atoms. The molecule has 2 aromatic rings. The highest BCUT2D eigenvalue weighted by molar-refractivity contribution is 7.80. The summed E-state index contributed by atoms with van der Waals surface area (Å²) in [5, 5.41) is 11.9. The fourth-order valence-electron chi connectivity index (χ4n) is 2.10. The van der Waals surface area contributed by atoms with Gasteiger partial charge in [-0.2, -0.15) is 4.68 Å². The van der Waals surface area contributed by atoms with Gasteiger partial charge in [-0.15, -0.1) is 5.10 Å². The Morgan fingerprint density at radius 3 is 3.22 bits per heavy atom. The van der Waals surface area contributed by atoms with Crippen LogP contribution in [0.2, 0.25) is 0 Å². The number of benzene rings is 1. The van der Waals surface area contributed by atoms with Crippen molar-refractivity contribution < 1.29 is 4.74 Å². The van der Waals surface area contributed by atoms with Gasteiger partial charge in [0.05, 0.1) is 11.6 Å². The maximum Gasteiger partial charge on any atom is 0.196 e. The van der Waals surface area contributed by atoms with E-state index in [2.05, 4.69) is 15.6 Å². The Morgan fingerprint density at radius 2 is 2.39 bits per heavy atom. The predicted molar refractivity (Wildman–Crippen MR) is 72.5 cm³/mol. The lowest BCUT2D eigenvalue weighted by atomic mass is 10.2. The lowest BCUT2D eigenvalue weighted by Gasteiger charge is -2.12. The fourth-order valence-corrected chi connectivity index (χ4v) is 2.32. The van der Waals surface area contributed by atoms with Crippen LogP contribution >= 0.6 is 12.2 Å². The number of para-hydroxylation sites is 1. The van der Waals surface area contributed by atoms with E-state index in [-0.39, 0.29) is 6.10 Å². The van der Waals surface area contributed by atoms with Crippen molar-refractivity contribution in [3.05, 3.63) is 24.3 Å². The quantitative estimate of drug-likeness (QED) is 0.828. The minimum Gasteiger partial charge on any atom is -0.376 e. The van der Waals surface area contributed by atoms with Crippen LogP contribution in [0.4, 0.5) is 0 Å². The molecule has 1 saturated heterocycles. The molecular weight excluding hydrogens is 248 g/mol. The largest absolute Gasteiger partial charge is 0.376 e. The smallest absolute Gasteiger partial charge is 0.196 e. The van der Waals surface area contributed by atoms with Crippen LogP contribution in [0.25, 0.3) is 11.0 Å². The molecule has 18 heavy (non-hydrogen) atoms. The number of ether oxygens (including phenoxy) is 1. The molecule has 0 unspecified atom stereocenters. The highest BCUT2D eigenvalue weighted by atomic mass is 32.1. The van der Waals surface area contributed by atoms with Crippen LogP contribution in [-0.4, -0.2) is 39.4 Å². The van der Waals surface area contributed by atoms with E-state index in [1.807, 2.05) is 24.3 Å². The number of nitrogens with zero attached hydrogens (tertiary/aromatic N) is 3. The van der Waals surface area contributed by atoms with Crippen LogP contribution in [-0.2, 0) is 4.74 Å². The van der Waals surface area contributed by atoms with Gasteiger partial charge in [0.15, 0.2) is 5.11 Å². The Labute approximate surface area is 110 Å². The van der Waals surface area contributed by atoms with Gasteiger partial charge in [0, 0.05) is 13.2 Å². The second kappa shape index (κ2) is 4.99. The lowest BCUT2D eigenvalue weighted by molar-refractivity contribution is 0.114. The molecule has 1 aliphatic rings. The molecule has 0 saturated carbocycles. The first-order valence-electron chi connectivity index (χ1n) is 6.05. The summed E-state index contributed by atoms with van der Waals surface area (Å²) in [6.07, 6.45) is 2.48. The summed E-state index contributed by atoms with van der Waals surface area (Å²) in [6.45, 7) is 1.58. The van der Waals surface area contributed by atoms with Crippen LogP contribution in [0, 0.1) is 0 Å². The molecule has 1 N–H and O–H groups in total. The number of fused-ring (bicyclic) bond motifs is 1. The fraction of sp³-hybridized carbons (Fsp3) is 0.417. The summed E-state index contributed by atoms with van der Waals surface area (Å²) in [4.78, 5) is 0. The Kier molecular flexibility index (Phi) is 3.21. The predicted octanol–water partition coefficient (Wildman–Crippen LogP) is 1.33. The van der Waals surface area contributed by atoms with Gasteiger partial charge in [-0.1, -0.05) is 17.3 Å². The Bertz CT molecular complexity index is 562. The molecule has 1 atom stereocenters. The van der Waals surface area contributed by atoms with E-state index in [0.29, 0.717) is 5.11 Å². The third-order valence-electron chi connectivity index (χ3n) is 3.05. The molecule has 3 rings (SSSR count). The molecule has 1 aromatic heterocycles. The van der Waals surface area contributed by atoms with Gasteiger partial charge in [0.2, 0.25) is 0 Å². The van der Waals surface area contributed by atoms with Crippen LogP contribution in [0.1, 0.15) is 12.8 Å². The standard InChI is InChI=1S/C12H14N4OS/c18-12(13-8-9-4-3-7-17-9)16-11-6-2-1-5-10(11)14-15-16/h1-2,5-6,9H,3-4,7-8H2,(H,13,18)/t9-/m0/s1. The number of thiocarbonyl (C=S) groups is 1. The van der Waals surface area contributed by atoms with Crippen LogP contribution in [0.15, 0.2) is 24.3 Å². The molecule has 2 heterocycles. The van der Waals surface area contributed by atoms with Gasteiger partial charge in [0.1, 0.15) is 5.52 Å². The minimum atomic E-state index is 0.262. The summed E-state index contributed by atoms with van der Waals surface area (Å²) in [7, 11) is 0. The van der Waals surface area contributed by atoms with Crippen molar-refractivity contribution in [3.8, 4) is 0 Å². The summed E-state index contributed by atoms with van der Waals surface area (Å²) < 4.78 is 7.19. The van der Waals surface area contributed by atoms with E-state index >= 15 is 0 Å². The average Bonchev–Trinajstić information content (AvgIpc) is 3.05. The third kappa shape index (κ3) is 2.21. The van der Waals surface area contributed by atoms with E-state index < -0.39 is 0 Å². The monoisotopic (exact) mass is 262 g/mol. The van der Waals surface area contributed by atoms with Crippen LogP contribution < -0.4 is 5.32 Å². The van der Waals surface area contributed by atoms with Gasteiger partial charge in [-0.3, -0.25) is 0 Å². The highest BCUT2D eigenvalue weighted by Crippen LogP contribution is 2.11. The van der Waals surface area contributed by atoms with E-state index in [4.69, 9.17) is 17.0 Å². The molecule has 6 heteroatoms. The van der Waals surface area contributed by atoms with Crippen molar-refractivity contribution in [1.82, 2.24) is 20.3 Å². The Hall–Kier alpha value is -1.53. The van der Waals surface area contributed by atoms with Gasteiger partial charge in [-0.25, -0.2) is 0 Å². The van der Waals surface area contributed by atoms with Crippen molar-refractivity contribution in [2.24, 2.45) is 0 Å². The van der Waals surface area contributed by atoms with Gasteiger partial charge in [0.25, 0.3) is 0 Å². The molecule has 94 valence electrons. The molecule has 5 nitrogen and oxygen atoms in total. The van der Waals surface area contributed by atoms with Gasteiger partial charge < -0.3 is 10.1 Å². The SMILES string of the molecule is S=C(NC[C@@H]1CCCO1)n1nnc2ccccc21. The van der Waals surface area contributed by atoms with E-state index in [1.165, 1.54) is 0 Å². The summed E-state index contributed by atoms with van der Waals surface area (Å²) in [5.41, 5.74) is 1.76. The average molecular weight is 262 g/mol. The summed E-state index contributed by atoms with van der Waals surface area (Å²) in [6, 6.07) is 7.76. The molecule has 0 spiro atoms. The molecular formula is C12H14N4OS. The second-order valence-corrected chi connectivity index (χ2v) is 4.70. The topological polar surface area (TPSA) is 52.0 Å². The van der Waals surface area contributed by atoms with Crippen molar-refractivity contribution in [1.29, 1.82) is 0 Å². The third-order valence-corrected chi connectivity index (χ3v) is 3.37. The molecule has 1 fully saturated rings. The first kappa shape index (κ1) is 11.6. The zero-order valence-electron chi connectivity index (χ0n) is 9.87. The lowest BCUT2D eigenvalue weighted by Crippen LogP contribution is -2.35. The maximum absolute atomic E-state index is 5.54. The highest BCUT2D eigenvalue weighted by Gasteiger charge is 2.16. The Balaban J connectivity index is 1.71. The van der Waals surface area contributed by atoms with Gasteiger partial charge >= 0.3 is 0 Å². The van der Waals surface area contributed by atoms with Crippen molar-refractivity contribution in [3.63, 3.8) is 0 Å². The molecule has 1 aromatic carbocycles. The van der Waals surface area contributed by atoms with Crippen LogP contribution in [0.5, 0.6) is 0 Å². The normalized spacial score (nSPS) is 19.2. The number of rotatable bonds is 2. The second-order valence-electron chi connectivity index (χ2n) is 4.31. The van der Waals surface area contributed by atoms with Crippen molar-refractivity contribution in [2.75, 3.05) is 13.2 Å². The molecule has 0 amide bonds. The number of nitrogens with one attached hydrogen (secondary N) is 1. The van der Waals surface area contributed by atoms with E-state index in [1.54, 1.807) is 4.68 Å². The summed E-state index contributed by atoms with van der Waals surface area (Å²) in [5.74, 6) is 0. The number of hydrogen-bond acceptors (Lipinski definition) is 4. The van der Waals surface area contributed by atoms with E-state index in [0.717, 1.165) is 37.0 Å². The first-order chi connectivity index (χ1) is 8.84. The number of hydrogen-bond donors (Lipinski definition) is 1. The van der Waals surface area contributed by atoms with Crippen molar-refractivity contribution in [2.45, 2.75) is 18.9 Å². The van der Waals surface area contributed by atoms with Crippen molar-refractivity contribution >= 4 is 28.4 Å². The van der Waals surface area contributed by atoms with E-state index in [9.17, 15) is 0 Å². The zero-order valence-corrected chi connectivity index (χ0v) is 10.7. The maximum atomic E-state index is 5.54. The molecule has 0 aliphatic carbocycles. The van der Waals surface area contributed by atoms with Gasteiger partial charge in [-0.05, 0) is 37.2 Å². The minimum absolute atomic E-state index is 0.262. The zero-order chi connectivity index (χ0) is 12.4.